The van der Waals surface area contributed by atoms with Crippen LogP contribution in [0, 0.1) is 0 Å². The van der Waals surface area contributed by atoms with Gasteiger partial charge in [0.1, 0.15) is 11.8 Å². The summed E-state index contributed by atoms with van der Waals surface area (Å²) in [5.74, 6) is 0. The normalized spacial score (nSPS) is 13.1. The average molecular weight is 233 g/mol. The van der Waals surface area contributed by atoms with Crippen LogP contribution in [-0.2, 0) is 0 Å². The molecule has 6 heteroatoms. The molecule has 2 aromatic rings. The van der Waals surface area contributed by atoms with Gasteiger partial charge in [-0.1, -0.05) is 16.1 Å². The van der Waals surface area contributed by atoms with Gasteiger partial charge in [0, 0.05) is 5.38 Å². The van der Waals surface area contributed by atoms with Crippen LogP contribution in [0.25, 0.3) is 0 Å². The van der Waals surface area contributed by atoms with Gasteiger partial charge in [-0.25, -0.2) is 0 Å². The summed E-state index contributed by atoms with van der Waals surface area (Å²) in [6.45, 7) is 0. The van der Waals surface area contributed by atoms with Gasteiger partial charge in [0.05, 0.1) is 9.90 Å². The Balaban J connectivity index is 2.33. The number of hydrogen-bond donors (Lipinski definition) is 1. The van der Waals surface area contributed by atoms with Crippen molar-refractivity contribution in [1.29, 1.82) is 0 Å². The van der Waals surface area contributed by atoms with Crippen molar-refractivity contribution in [2.75, 3.05) is 0 Å². The minimum absolute atomic E-state index is 0.550. The molecule has 0 amide bonds. The minimum atomic E-state index is -0.744. The molecule has 68 valence electrons. The predicted molar refractivity (Wildman–Crippen MR) is 53.3 cm³/mol. The molecular formula is C7H5ClN2OS2. The van der Waals surface area contributed by atoms with Crippen molar-refractivity contribution in [1.82, 2.24) is 9.59 Å². The van der Waals surface area contributed by atoms with Crippen LogP contribution in [-0.4, -0.2) is 14.7 Å². The Kier molecular flexibility index (Phi) is 2.59. The van der Waals surface area contributed by atoms with E-state index >= 15 is 0 Å². The van der Waals surface area contributed by atoms with E-state index in [1.165, 1.54) is 22.9 Å². The summed E-state index contributed by atoms with van der Waals surface area (Å²) in [6.07, 6.45) is -0.744. The van der Waals surface area contributed by atoms with E-state index in [1.807, 2.05) is 5.38 Å². The Morgan fingerprint density at radius 1 is 1.54 bits per heavy atom. The molecule has 0 aliphatic rings. The number of aliphatic hydroxyl groups excluding tert-OH is 1. The Hall–Kier alpha value is -0.490. The molecule has 0 radical (unpaired) electrons. The van der Waals surface area contributed by atoms with Gasteiger partial charge >= 0.3 is 0 Å². The molecule has 2 rings (SSSR count). The van der Waals surface area contributed by atoms with Gasteiger partial charge in [0.15, 0.2) is 0 Å². The summed E-state index contributed by atoms with van der Waals surface area (Å²) >= 11 is 8.48. The van der Waals surface area contributed by atoms with Gasteiger partial charge in [-0.15, -0.1) is 16.4 Å². The fraction of sp³-hybridized carbons (Fsp3) is 0.143. The summed E-state index contributed by atoms with van der Waals surface area (Å²) in [7, 11) is 0. The smallest absolute Gasteiger partial charge is 0.134 e. The van der Waals surface area contributed by atoms with Crippen LogP contribution < -0.4 is 0 Å². The summed E-state index contributed by atoms with van der Waals surface area (Å²) in [6, 6.07) is 1.75. The standard InChI is InChI=1S/C7H5ClN2OS2/c8-4-1-2-12-7(4)6(11)5-3-13-10-9-5/h1-3,6,11H. The van der Waals surface area contributed by atoms with E-state index in [1.54, 1.807) is 11.4 Å². The van der Waals surface area contributed by atoms with Gasteiger partial charge in [-0.2, -0.15) is 0 Å². The molecule has 0 saturated carbocycles. The second-order valence-corrected chi connectivity index (χ2v) is 4.33. The summed E-state index contributed by atoms with van der Waals surface area (Å²) in [5.41, 5.74) is 0.550. The lowest BCUT2D eigenvalue weighted by molar-refractivity contribution is 0.219. The van der Waals surface area contributed by atoms with E-state index in [-0.39, 0.29) is 0 Å². The Labute approximate surface area is 87.8 Å². The first-order valence-electron chi connectivity index (χ1n) is 3.47. The van der Waals surface area contributed by atoms with Crippen LogP contribution in [0.2, 0.25) is 5.02 Å². The second kappa shape index (κ2) is 3.71. The van der Waals surface area contributed by atoms with Crippen molar-refractivity contribution in [2.45, 2.75) is 6.10 Å². The number of halogens is 1. The van der Waals surface area contributed by atoms with Crippen LogP contribution in [0.5, 0.6) is 0 Å². The lowest BCUT2D eigenvalue weighted by atomic mass is 10.2. The topological polar surface area (TPSA) is 46.0 Å². The van der Waals surface area contributed by atoms with Gasteiger partial charge in [-0.3, -0.25) is 0 Å². The molecule has 0 aliphatic heterocycles. The van der Waals surface area contributed by atoms with Crippen molar-refractivity contribution >= 4 is 34.5 Å². The van der Waals surface area contributed by atoms with Crippen LogP contribution in [0.3, 0.4) is 0 Å². The molecule has 0 saturated heterocycles. The molecule has 0 aliphatic carbocycles. The highest BCUT2D eigenvalue weighted by Crippen LogP contribution is 2.31. The van der Waals surface area contributed by atoms with E-state index in [9.17, 15) is 5.11 Å². The third-order valence-electron chi connectivity index (χ3n) is 1.55. The largest absolute Gasteiger partial charge is 0.381 e. The van der Waals surface area contributed by atoms with Crippen LogP contribution >= 0.6 is 34.5 Å². The quantitative estimate of drug-likeness (QED) is 0.865. The van der Waals surface area contributed by atoms with Crippen molar-refractivity contribution < 1.29 is 5.11 Å². The molecule has 0 spiro atoms. The molecule has 1 unspecified atom stereocenters. The maximum absolute atomic E-state index is 9.78. The number of aromatic nitrogens is 2. The van der Waals surface area contributed by atoms with Gasteiger partial charge in [0.25, 0.3) is 0 Å². The van der Waals surface area contributed by atoms with Crippen LogP contribution in [0.4, 0.5) is 0 Å². The third-order valence-corrected chi connectivity index (χ3v) is 3.48. The van der Waals surface area contributed by atoms with E-state index in [0.717, 1.165) is 4.88 Å². The highest BCUT2D eigenvalue weighted by atomic mass is 35.5. The lowest BCUT2D eigenvalue weighted by Gasteiger charge is -2.03. The monoisotopic (exact) mass is 232 g/mol. The molecule has 3 nitrogen and oxygen atoms in total. The van der Waals surface area contributed by atoms with Crippen LogP contribution in [0.1, 0.15) is 16.7 Å². The van der Waals surface area contributed by atoms with Crippen LogP contribution in [0.15, 0.2) is 16.8 Å². The van der Waals surface area contributed by atoms with Crippen molar-refractivity contribution in [3.63, 3.8) is 0 Å². The zero-order valence-corrected chi connectivity index (χ0v) is 8.73. The highest BCUT2D eigenvalue weighted by molar-refractivity contribution is 7.10. The molecule has 1 atom stereocenters. The predicted octanol–water partition coefficient (Wildman–Crippen LogP) is 2.33. The molecular weight excluding hydrogens is 228 g/mol. The van der Waals surface area contributed by atoms with Crippen molar-refractivity contribution in [3.8, 4) is 0 Å². The molecule has 2 aromatic heterocycles. The highest BCUT2D eigenvalue weighted by Gasteiger charge is 2.17. The molecule has 0 bridgehead atoms. The van der Waals surface area contributed by atoms with E-state index in [0.29, 0.717) is 10.7 Å². The third kappa shape index (κ3) is 1.73. The van der Waals surface area contributed by atoms with E-state index in [2.05, 4.69) is 9.59 Å². The average Bonchev–Trinajstić information content (AvgIpc) is 2.72. The summed E-state index contributed by atoms with van der Waals surface area (Å²) in [4.78, 5) is 0.717. The molecule has 0 fully saturated rings. The Bertz CT molecular complexity index is 387. The number of nitrogens with zero attached hydrogens (tertiary/aromatic N) is 2. The second-order valence-electron chi connectivity index (χ2n) is 2.37. The number of rotatable bonds is 2. The number of thiophene rings is 1. The zero-order chi connectivity index (χ0) is 9.26. The van der Waals surface area contributed by atoms with Gasteiger partial charge in [0.2, 0.25) is 0 Å². The molecule has 2 heterocycles. The van der Waals surface area contributed by atoms with E-state index < -0.39 is 6.10 Å². The number of aliphatic hydroxyl groups is 1. The lowest BCUT2D eigenvalue weighted by Crippen LogP contribution is -1.97. The summed E-state index contributed by atoms with van der Waals surface area (Å²) in [5, 5.41) is 17.7. The van der Waals surface area contributed by atoms with Gasteiger partial charge < -0.3 is 5.11 Å². The first-order chi connectivity index (χ1) is 6.29. The number of hydrogen-bond acceptors (Lipinski definition) is 5. The maximum Gasteiger partial charge on any atom is 0.134 e. The maximum atomic E-state index is 9.78. The SMILES string of the molecule is OC(c1csnn1)c1sccc1Cl. The first-order valence-corrected chi connectivity index (χ1v) is 5.56. The fourth-order valence-corrected chi connectivity index (χ4v) is 2.55. The van der Waals surface area contributed by atoms with E-state index in [4.69, 9.17) is 11.6 Å². The fourth-order valence-electron chi connectivity index (χ4n) is 0.926. The Morgan fingerprint density at radius 2 is 2.38 bits per heavy atom. The van der Waals surface area contributed by atoms with Crippen molar-refractivity contribution in [2.24, 2.45) is 0 Å². The molecule has 1 N–H and O–H groups in total. The molecule has 13 heavy (non-hydrogen) atoms. The van der Waals surface area contributed by atoms with Crippen molar-refractivity contribution in [3.05, 3.63) is 32.4 Å². The Morgan fingerprint density at radius 3 is 2.92 bits per heavy atom. The molecule has 0 aromatic carbocycles. The zero-order valence-electron chi connectivity index (χ0n) is 6.35. The minimum Gasteiger partial charge on any atom is -0.381 e. The first kappa shape index (κ1) is 9.08. The van der Waals surface area contributed by atoms with Gasteiger partial charge in [-0.05, 0) is 23.0 Å². The summed E-state index contributed by atoms with van der Waals surface area (Å²) < 4.78 is 3.68.